The summed E-state index contributed by atoms with van der Waals surface area (Å²) < 4.78 is 10.4. The molecule has 1 rings (SSSR count). The molecular formula is C12H24N2O3. The smallest absolute Gasteiger partial charge is 0.234 e. The quantitative estimate of drug-likeness (QED) is 0.603. The third-order valence-corrected chi connectivity index (χ3v) is 2.72. The van der Waals surface area contributed by atoms with Gasteiger partial charge in [-0.05, 0) is 32.7 Å². The van der Waals surface area contributed by atoms with Crippen molar-refractivity contribution in [3.8, 4) is 0 Å². The summed E-state index contributed by atoms with van der Waals surface area (Å²) in [5, 5.41) is 6.12. The lowest BCUT2D eigenvalue weighted by Crippen LogP contribution is -2.43. The zero-order valence-corrected chi connectivity index (χ0v) is 10.7. The molecule has 0 spiro atoms. The van der Waals surface area contributed by atoms with Crippen molar-refractivity contribution in [2.45, 2.75) is 32.2 Å². The number of hydrogen-bond donors (Lipinski definition) is 2. The lowest BCUT2D eigenvalue weighted by molar-refractivity contribution is -0.121. The number of carbonyl (C=O) groups excluding carboxylic acids is 1. The minimum Gasteiger partial charge on any atom is -0.382 e. The predicted octanol–water partition coefficient (Wildman–Crippen LogP) is 0.298. The Labute approximate surface area is 103 Å². The van der Waals surface area contributed by atoms with Crippen LogP contribution in [0, 0.1) is 0 Å². The third kappa shape index (κ3) is 7.31. The van der Waals surface area contributed by atoms with Crippen molar-refractivity contribution in [1.29, 1.82) is 0 Å². The molecule has 0 aromatic rings. The number of rotatable bonds is 8. The van der Waals surface area contributed by atoms with Crippen LogP contribution in [-0.4, -0.2) is 51.5 Å². The van der Waals surface area contributed by atoms with Gasteiger partial charge in [-0.3, -0.25) is 4.79 Å². The van der Waals surface area contributed by atoms with Crippen molar-refractivity contribution in [2.24, 2.45) is 0 Å². The normalized spacial score (nSPS) is 17.0. The highest BCUT2D eigenvalue weighted by atomic mass is 16.5. The molecule has 17 heavy (non-hydrogen) atoms. The standard InChI is InChI=1S/C12H24N2O3/c1-2-16-7-3-6-13-10-12(15)14-11-4-8-17-9-5-11/h11,13H,2-10H2,1H3,(H,14,15). The fraction of sp³-hybridized carbons (Fsp3) is 0.917. The van der Waals surface area contributed by atoms with Crippen LogP contribution in [0.3, 0.4) is 0 Å². The third-order valence-electron chi connectivity index (χ3n) is 2.72. The predicted molar refractivity (Wildman–Crippen MR) is 66.0 cm³/mol. The van der Waals surface area contributed by atoms with E-state index in [2.05, 4.69) is 10.6 Å². The molecule has 5 nitrogen and oxygen atoms in total. The van der Waals surface area contributed by atoms with E-state index in [1.54, 1.807) is 0 Å². The summed E-state index contributed by atoms with van der Waals surface area (Å²) in [7, 11) is 0. The number of carbonyl (C=O) groups is 1. The molecule has 1 aliphatic heterocycles. The van der Waals surface area contributed by atoms with Gasteiger partial charge in [0, 0.05) is 32.5 Å². The second-order valence-corrected chi connectivity index (χ2v) is 4.18. The Morgan fingerprint density at radius 1 is 1.41 bits per heavy atom. The van der Waals surface area contributed by atoms with Gasteiger partial charge in [0.1, 0.15) is 0 Å². The highest BCUT2D eigenvalue weighted by Gasteiger charge is 2.15. The first-order valence-corrected chi connectivity index (χ1v) is 6.48. The van der Waals surface area contributed by atoms with Crippen LogP contribution in [0.25, 0.3) is 0 Å². The van der Waals surface area contributed by atoms with E-state index in [-0.39, 0.29) is 5.91 Å². The first kappa shape index (κ1) is 14.4. The zero-order valence-electron chi connectivity index (χ0n) is 10.7. The molecule has 0 aromatic heterocycles. The minimum atomic E-state index is 0.0771. The van der Waals surface area contributed by atoms with E-state index < -0.39 is 0 Å². The molecule has 1 fully saturated rings. The average molecular weight is 244 g/mol. The fourth-order valence-electron chi connectivity index (χ4n) is 1.77. The summed E-state index contributed by atoms with van der Waals surface area (Å²) in [4.78, 5) is 11.6. The van der Waals surface area contributed by atoms with Crippen LogP contribution in [0.1, 0.15) is 26.2 Å². The molecule has 1 saturated heterocycles. The van der Waals surface area contributed by atoms with Crippen LogP contribution in [0.5, 0.6) is 0 Å². The van der Waals surface area contributed by atoms with Crippen LogP contribution < -0.4 is 10.6 Å². The van der Waals surface area contributed by atoms with Gasteiger partial charge in [0.2, 0.25) is 5.91 Å². The Morgan fingerprint density at radius 2 is 2.18 bits per heavy atom. The van der Waals surface area contributed by atoms with Crippen LogP contribution in [0.15, 0.2) is 0 Å². The number of amides is 1. The fourth-order valence-corrected chi connectivity index (χ4v) is 1.77. The Hall–Kier alpha value is -0.650. The molecule has 0 radical (unpaired) electrons. The summed E-state index contributed by atoms with van der Waals surface area (Å²) >= 11 is 0. The SMILES string of the molecule is CCOCCCNCC(=O)NC1CCOCC1. The van der Waals surface area contributed by atoms with Crippen molar-refractivity contribution < 1.29 is 14.3 Å². The maximum atomic E-state index is 11.6. The van der Waals surface area contributed by atoms with E-state index in [0.29, 0.717) is 12.6 Å². The van der Waals surface area contributed by atoms with Gasteiger partial charge in [-0.25, -0.2) is 0 Å². The van der Waals surface area contributed by atoms with E-state index in [9.17, 15) is 4.79 Å². The highest BCUT2D eigenvalue weighted by Crippen LogP contribution is 2.05. The van der Waals surface area contributed by atoms with Crippen LogP contribution in [0.2, 0.25) is 0 Å². The summed E-state index contributed by atoms with van der Waals surface area (Å²) in [6, 6.07) is 0.293. The van der Waals surface area contributed by atoms with Crippen LogP contribution in [0.4, 0.5) is 0 Å². The van der Waals surface area contributed by atoms with Crippen molar-refractivity contribution >= 4 is 5.91 Å². The van der Waals surface area contributed by atoms with Gasteiger partial charge in [-0.15, -0.1) is 0 Å². The number of ether oxygens (including phenoxy) is 2. The second-order valence-electron chi connectivity index (χ2n) is 4.18. The van der Waals surface area contributed by atoms with Crippen molar-refractivity contribution in [3.05, 3.63) is 0 Å². The number of nitrogens with one attached hydrogen (secondary N) is 2. The van der Waals surface area contributed by atoms with E-state index in [1.165, 1.54) is 0 Å². The van der Waals surface area contributed by atoms with Gasteiger partial charge in [-0.2, -0.15) is 0 Å². The van der Waals surface area contributed by atoms with E-state index >= 15 is 0 Å². The lowest BCUT2D eigenvalue weighted by atomic mass is 10.1. The summed E-state index contributed by atoms with van der Waals surface area (Å²) in [6.45, 7) is 6.22. The van der Waals surface area contributed by atoms with Gasteiger partial charge in [0.15, 0.2) is 0 Å². The maximum Gasteiger partial charge on any atom is 0.234 e. The summed E-state index contributed by atoms with van der Waals surface area (Å²) in [6.07, 6.45) is 2.80. The van der Waals surface area contributed by atoms with Gasteiger partial charge in [-0.1, -0.05) is 0 Å². The van der Waals surface area contributed by atoms with Crippen LogP contribution in [-0.2, 0) is 14.3 Å². The summed E-state index contributed by atoms with van der Waals surface area (Å²) in [5.74, 6) is 0.0771. The molecule has 5 heteroatoms. The number of hydrogen-bond acceptors (Lipinski definition) is 4. The summed E-state index contributed by atoms with van der Waals surface area (Å²) in [5.41, 5.74) is 0. The van der Waals surface area contributed by atoms with Crippen molar-refractivity contribution in [3.63, 3.8) is 0 Å². The van der Waals surface area contributed by atoms with Crippen molar-refractivity contribution in [1.82, 2.24) is 10.6 Å². The molecule has 1 amide bonds. The largest absolute Gasteiger partial charge is 0.382 e. The first-order chi connectivity index (χ1) is 8.33. The van der Waals surface area contributed by atoms with Gasteiger partial charge in [0.05, 0.1) is 6.54 Å². The Balaban J connectivity index is 1.93. The monoisotopic (exact) mass is 244 g/mol. The van der Waals surface area contributed by atoms with E-state index in [4.69, 9.17) is 9.47 Å². The Kier molecular flexibility index (Phi) is 7.96. The van der Waals surface area contributed by atoms with Gasteiger partial charge >= 0.3 is 0 Å². The minimum absolute atomic E-state index is 0.0771. The maximum absolute atomic E-state index is 11.6. The molecule has 1 heterocycles. The lowest BCUT2D eigenvalue weighted by Gasteiger charge is -2.23. The molecule has 0 unspecified atom stereocenters. The first-order valence-electron chi connectivity index (χ1n) is 6.48. The van der Waals surface area contributed by atoms with Gasteiger partial charge < -0.3 is 20.1 Å². The van der Waals surface area contributed by atoms with E-state index in [0.717, 1.165) is 52.2 Å². The van der Waals surface area contributed by atoms with Crippen LogP contribution >= 0.6 is 0 Å². The van der Waals surface area contributed by atoms with Crippen molar-refractivity contribution in [2.75, 3.05) is 39.5 Å². The average Bonchev–Trinajstić information content (AvgIpc) is 2.35. The molecule has 100 valence electrons. The van der Waals surface area contributed by atoms with Gasteiger partial charge in [0.25, 0.3) is 0 Å². The molecule has 1 aliphatic rings. The second kappa shape index (κ2) is 9.39. The highest BCUT2D eigenvalue weighted by molar-refractivity contribution is 5.78. The van der Waals surface area contributed by atoms with E-state index in [1.807, 2.05) is 6.92 Å². The molecule has 2 N–H and O–H groups in total. The molecular weight excluding hydrogens is 220 g/mol. The molecule has 0 aromatic carbocycles. The molecule has 0 bridgehead atoms. The Bertz CT molecular complexity index is 206. The molecule has 0 atom stereocenters. The Morgan fingerprint density at radius 3 is 2.88 bits per heavy atom. The zero-order chi connectivity index (χ0) is 12.3. The topological polar surface area (TPSA) is 59.6 Å². The molecule has 0 aliphatic carbocycles. The molecule has 0 saturated carbocycles.